The van der Waals surface area contributed by atoms with Crippen molar-refractivity contribution in [1.82, 2.24) is 20.1 Å². The fourth-order valence-electron chi connectivity index (χ4n) is 2.15. The van der Waals surface area contributed by atoms with Crippen LogP contribution in [-0.2, 0) is 6.54 Å². The molecular weight excluding hydrogens is 288 g/mol. The first-order valence-electron chi connectivity index (χ1n) is 7.44. The molecule has 0 spiro atoms. The normalized spacial score (nSPS) is 11.4. The minimum atomic E-state index is 0.501. The van der Waals surface area contributed by atoms with E-state index in [1.54, 1.807) is 12.4 Å². The molecule has 3 aromatic rings. The van der Waals surface area contributed by atoms with Crippen molar-refractivity contribution >= 4 is 6.08 Å². The number of likely N-dealkylation sites (N-methyl/N-ethyl adjacent to an activating group) is 1. The molecular formula is C18H18N4O. The van der Waals surface area contributed by atoms with Gasteiger partial charge in [0.1, 0.15) is 0 Å². The Morgan fingerprint density at radius 2 is 1.96 bits per heavy atom. The summed E-state index contributed by atoms with van der Waals surface area (Å²) in [6.07, 6.45) is 7.65. The van der Waals surface area contributed by atoms with E-state index in [0.717, 1.165) is 12.1 Å². The van der Waals surface area contributed by atoms with Crippen molar-refractivity contribution in [3.8, 4) is 11.5 Å². The number of aromatic nitrogens is 3. The first-order chi connectivity index (χ1) is 11.3. The topological polar surface area (TPSA) is 55.1 Å². The van der Waals surface area contributed by atoms with Crippen LogP contribution in [0, 0.1) is 0 Å². The van der Waals surface area contributed by atoms with Crippen molar-refractivity contribution in [2.24, 2.45) is 0 Å². The van der Waals surface area contributed by atoms with Gasteiger partial charge in [0.2, 0.25) is 11.8 Å². The number of hydrogen-bond donors (Lipinski definition) is 0. The highest BCUT2D eigenvalue weighted by atomic mass is 16.4. The average Bonchev–Trinajstić information content (AvgIpc) is 3.05. The predicted molar refractivity (Wildman–Crippen MR) is 89.3 cm³/mol. The summed E-state index contributed by atoms with van der Waals surface area (Å²) < 4.78 is 5.68. The van der Waals surface area contributed by atoms with E-state index >= 15 is 0 Å². The van der Waals surface area contributed by atoms with Crippen LogP contribution in [0.5, 0.6) is 0 Å². The smallest absolute Gasteiger partial charge is 0.249 e. The minimum Gasteiger partial charge on any atom is -0.419 e. The van der Waals surface area contributed by atoms with Crippen LogP contribution in [0.15, 0.2) is 65.4 Å². The molecule has 2 heterocycles. The summed E-state index contributed by atoms with van der Waals surface area (Å²) in [6.45, 7) is 1.41. The first-order valence-corrected chi connectivity index (χ1v) is 7.44. The Morgan fingerprint density at radius 3 is 2.74 bits per heavy atom. The van der Waals surface area contributed by atoms with Gasteiger partial charge in [0.25, 0.3) is 0 Å². The van der Waals surface area contributed by atoms with Crippen LogP contribution in [0.2, 0.25) is 0 Å². The zero-order valence-electron chi connectivity index (χ0n) is 13.0. The van der Waals surface area contributed by atoms with Gasteiger partial charge >= 0.3 is 0 Å². The van der Waals surface area contributed by atoms with Gasteiger partial charge in [-0.15, -0.1) is 10.2 Å². The van der Waals surface area contributed by atoms with Gasteiger partial charge in [-0.3, -0.25) is 9.88 Å². The maximum absolute atomic E-state index is 5.68. The van der Waals surface area contributed by atoms with E-state index in [4.69, 9.17) is 4.42 Å². The number of benzene rings is 1. The van der Waals surface area contributed by atoms with E-state index in [1.165, 1.54) is 5.56 Å². The van der Waals surface area contributed by atoms with E-state index in [9.17, 15) is 0 Å². The van der Waals surface area contributed by atoms with E-state index < -0.39 is 0 Å². The van der Waals surface area contributed by atoms with Gasteiger partial charge in [0, 0.05) is 18.9 Å². The molecule has 0 fully saturated rings. The molecule has 0 aliphatic carbocycles. The zero-order chi connectivity index (χ0) is 15.9. The zero-order valence-corrected chi connectivity index (χ0v) is 13.0. The number of hydrogen-bond acceptors (Lipinski definition) is 5. The van der Waals surface area contributed by atoms with Gasteiger partial charge in [-0.05, 0) is 24.7 Å². The lowest BCUT2D eigenvalue weighted by Gasteiger charge is -2.10. The third-order valence-electron chi connectivity index (χ3n) is 3.31. The van der Waals surface area contributed by atoms with Gasteiger partial charge in [-0.25, -0.2) is 0 Å². The second-order valence-corrected chi connectivity index (χ2v) is 5.25. The molecule has 23 heavy (non-hydrogen) atoms. The molecule has 5 nitrogen and oxygen atoms in total. The molecule has 0 aliphatic rings. The summed E-state index contributed by atoms with van der Waals surface area (Å²) in [4.78, 5) is 6.16. The molecule has 0 amide bonds. The van der Waals surface area contributed by atoms with Crippen molar-refractivity contribution in [3.05, 3.63) is 72.4 Å². The van der Waals surface area contributed by atoms with Gasteiger partial charge < -0.3 is 4.42 Å². The molecule has 0 unspecified atom stereocenters. The van der Waals surface area contributed by atoms with Crippen molar-refractivity contribution in [2.45, 2.75) is 6.54 Å². The van der Waals surface area contributed by atoms with Crippen LogP contribution in [0.3, 0.4) is 0 Å². The summed E-state index contributed by atoms with van der Waals surface area (Å²) in [6, 6.07) is 14.0. The Balaban J connectivity index is 1.55. The Hall–Kier alpha value is -2.79. The molecule has 0 atom stereocenters. The summed E-state index contributed by atoms with van der Waals surface area (Å²) in [5, 5.41) is 8.15. The van der Waals surface area contributed by atoms with E-state index in [0.29, 0.717) is 18.3 Å². The molecule has 3 rings (SSSR count). The molecule has 116 valence electrons. The van der Waals surface area contributed by atoms with Crippen molar-refractivity contribution in [3.63, 3.8) is 0 Å². The van der Waals surface area contributed by atoms with Crippen molar-refractivity contribution < 1.29 is 4.42 Å². The molecule has 2 aromatic heterocycles. The Kier molecular flexibility index (Phi) is 4.91. The molecule has 0 bridgehead atoms. The SMILES string of the molecule is CN(C/C=C/c1ccccc1)Cc1nnc(-c2cccnc2)o1. The molecule has 0 saturated heterocycles. The molecule has 0 aliphatic heterocycles. The van der Waals surface area contributed by atoms with Crippen LogP contribution in [0.25, 0.3) is 17.5 Å². The van der Waals surface area contributed by atoms with Gasteiger partial charge in [-0.1, -0.05) is 42.5 Å². The Labute approximate surface area is 135 Å². The molecule has 1 aromatic carbocycles. The van der Waals surface area contributed by atoms with E-state index in [2.05, 4.69) is 44.4 Å². The van der Waals surface area contributed by atoms with E-state index in [-0.39, 0.29) is 0 Å². The van der Waals surface area contributed by atoms with Gasteiger partial charge in [0.15, 0.2) is 0 Å². The highest BCUT2D eigenvalue weighted by molar-refractivity contribution is 5.50. The maximum Gasteiger partial charge on any atom is 0.249 e. The number of rotatable bonds is 6. The molecule has 0 radical (unpaired) electrons. The molecule has 0 saturated carbocycles. The maximum atomic E-state index is 5.68. The van der Waals surface area contributed by atoms with Crippen LogP contribution in [0.1, 0.15) is 11.5 Å². The number of nitrogens with zero attached hydrogens (tertiary/aromatic N) is 4. The third-order valence-corrected chi connectivity index (χ3v) is 3.31. The minimum absolute atomic E-state index is 0.501. The highest BCUT2D eigenvalue weighted by Crippen LogP contribution is 2.16. The van der Waals surface area contributed by atoms with E-state index in [1.807, 2.05) is 37.4 Å². The second kappa shape index (κ2) is 7.47. The molecule has 0 N–H and O–H groups in total. The summed E-state index contributed by atoms with van der Waals surface area (Å²) in [5.41, 5.74) is 2.02. The highest BCUT2D eigenvalue weighted by Gasteiger charge is 2.09. The lowest BCUT2D eigenvalue weighted by Crippen LogP contribution is -2.17. The second-order valence-electron chi connectivity index (χ2n) is 5.25. The Bertz CT molecular complexity index is 753. The fraction of sp³-hybridized carbons (Fsp3) is 0.167. The quantitative estimate of drug-likeness (QED) is 0.699. The van der Waals surface area contributed by atoms with Crippen LogP contribution in [-0.4, -0.2) is 33.7 Å². The number of pyridine rings is 1. The van der Waals surface area contributed by atoms with Gasteiger partial charge in [0.05, 0.1) is 12.1 Å². The Morgan fingerprint density at radius 1 is 1.09 bits per heavy atom. The van der Waals surface area contributed by atoms with Crippen LogP contribution in [0.4, 0.5) is 0 Å². The average molecular weight is 306 g/mol. The monoisotopic (exact) mass is 306 g/mol. The first kappa shape index (κ1) is 15.1. The van der Waals surface area contributed by atoms with Gasteiger partial charge in [-0.2, -0.15) is 0 Å². The third kappa shape index (κ3) is 4.34. The van der Waals surface area contributed by atoms with Crippen LogP contribution < -0.4 is 0 Å². The summed E-state index contributed by atoms with van der Waals surface area (Å²) in [5.74, 6) is 1.10. The lowest BCUT2D eigenvalue weighted by atomic mass is 10.2. The standard InChI is InChI=1S/C18H18N4O/c1-22(12-6-9-15-7-3-2-4-8-15)14-17-20-21-18(23-17)16-10-5-11-19-13-16/h2-11,13H,12,14H2,1H3/b9-6+. The largest absolute Gasteiger partial charge is 0.419 e. The fourth-order valence-corrected chi connectivity index (χ4v) is 2.15. The van der Waals surface area contributed by atoms with Crippen molar-refractivity contribution in [1.29, 1.82) is 0 Å². The summed E-state index contributed by atoms with van der Waals surface area (Å²) >= 11 is 0. The van der Waals surface area contributed by atoms with Crippen molar-refractivity contribution in [2.75, 3.05) is 13.6 Å². The predicted octanol–water partition coefficient (Wildman–Crippen LogP) is 3.28. The van der Waals surface area contributed by atoms with Crippen LogP contribution >= 0.6 is 0 Å². The summed E-state index contributed by atoms with van der Waals surface area (Å²) in [7, 11) is 2.02. The lowest BCUT2D eigenvalue weighted by molar-refractivity contribution is 0.317. The molecule has 5 heteroatoms.